The lowest BCUT2D eigenvalue weighted by molar-refractivity contribution is -0.298. The van der Waals surface area contributed by atoms with Crippen LogP contribution < -0.4 is 5.32 Å². The summed E-state index contributed by atoms with van der Waals surface area (Å²) in [6.07, 6.45) is 47.7. The predicted octanol–water partition coefficient (Wildman–Crippen LogP) is 13.2. The highest BCUT2D eigenvalue weighted by Gasteiger charge is 2.48. The molecule has 1 heterocycles. The summed E-state index contributed by atoms with van der Waals surface area (Å²) >= 11 is 0. The van der Waals surface area contributed by atoms with Gasteiger partial charge in [0.05, 0.1) is 25.4 Å². The van der Waals surface area contributed by atoms with Crippen molar-refractivity contribution in [3.63, 3.8) is 0 Å². The number of carbonyl (C=O) groups is 1. The van der Waals surface area contributed by atoms with Crippen molar-refractivity contribution >= 4 is 16.3 Å². The predicted molar refractivity (Wildman–Crippen MR) is 282 cm³/mol. The molecule has 1 saturated heterocycles. The van der Waals surface area contributed by atoms with Gasteiger partial charge in [0, 0.05) is 6.42 Å². The number of aliphatic hydroxyl groups excluding tert-OH is 4. The van der Waals surface area contributed by atoms with Gasteiger partial charge >= 0.3 is 10.4 Å². The molecule has 0 bridgehead atoms. The van der Waals surface area contributed by atoms with E-state index in [1.165, 1.54) is 186 Å². The lowest BCUT2D eigenvalue weighted by Gasteiger charge is -2.41. The minimum Gasteiger partial charge on any atom is -0.394 e. The first-order valence-corrected chi connectivity index (χ1v) is 30.1. The van der Waals surface area contributed by atoms with Crippen LogP contribution in [0.1, 0.15) is 271 Å². The molecular formula is C56H107NO11S. The summed E-state index contributed by atoms with van der Waals surface area (Å²) in [6.45, 7) is 3.47. The van der Waals surface area contributed by atoms with E-state index in [0.717, 1.165) is 57.8 Å². The molecule has 0 spiro atoms. The molecule has 0 radical (unpaired) electrons. The average molecular weight is 1000 g/mol. The largest absolute Gasteiger partial charge is 0.397 e. The molecule has 7 unspecified atom stereocenters. The highest BCUT2D eigenvalue weighted by atomic mass is 32.3. The lowest BCUT2D eigenvalue weighted by Crippen LogP contribution is -2.61. The number of unbranched alkanes of at least 4 members (excludes halogenated alkanes) is 34. The molecule has 0 aromatic rings. The molecule has 0 aliphatic carbocycles. The molecule has 1 aliphatic heterocycles. The highest BCUT2D eigenvalue weighted by Crippen LogP contribution is 2.26. The number of amides is 1. The number of nitrogens with one attached hydrogen (secondary N) is 1. The van der Waals surface area contributed by atoms with Gasteiger partial charge in [-0.3, -0.25) is 9.35 Å². The van der Waals surface area contributed by atoms with Gasteiger partial charge in [-0.1, -0.05) is 244 Å². The molecule has 0 aromatic carbocycles. The van der Waals surface area contributed by atoms with Crippen molar-refractivity contribution in [3.8, 4) is 0 Å². The van der Waals surface area contributed by atoms with Gasteiger partial charge in [0.15, 0.2) is 6.29 Å². The second kappa shape index (κ2) is 46.4. The van der Waals surface area contributed by atoms with Crippen LogP contribution in [0.4, 0.5) is 0 Å². The van der Waals surface area contributed by atoms with Crippen LogP contribution in [-0.2, 0) is 28.9 Å². The molecule has 1 amide bonds. The van der Waals surface area contributed by atoms with Crippen LogP contribution in [0.3, 0.4) is 0 Å². The molecule has 6 N–H and O–H groups in total. The molecule has 1 aliphatic rings. The average Bonchev–Trinajstić information content (AvgIpc) is 3.32. The Hall–Kier alpha value is -1.42. The van der Waals surface area contributed by atoms with E-state index in [-0.39, 0.29) is 12.5 Å². The van der Waals surface area contributed by atoms with Gasteiger partial charge in [-0.15, -0.1) is 0 Å². The first-order chi connectivity index (χ1) is 33.5. The number of ether oxygens (including phenoxy) is 2. The maximum atomic E-state index is 13.1. The number of carbonyl (C=O) groups excluding carboxylic acids is 1. The smallest absolute Gasteiger partial charge is 0.394 e. The Morgan fingerprint density at radius 3 is 1.38 bits per heavy atom. The summed E-state index contributed by atoms with van der Waals surface area (Å²) in [7, 11) is -5.08. The number of allylic oxidation sites excluding steroid dienone is 4. The van der Waals surface area contributed by atoms with Crippen molar-refractivity contribution in [2.45, 2.75) is 314 Å². The maximum Gasteiger partial charge on any atom is 0.397 e. The van der Waals surface area contributed by atoms with E-state index in [4.69, 9.17) is 9.47 Å². The molecule has 7 atom stereocenters. The van der Waals surface area contributed by atoms with Gasteiger partial charge < -0.3 is 35.2 Å². The van der Waals surface area contributed by atoms with Crippen molar-refractivity contribution in [2.24, 2.45) is 0 Å². The Kier molecular flexibility index (Phi) is 44.1. The molecule has 0 aromatic heterocycles. The Bertz CT molecular complexity index is 1320. The summed E-state index contributed by atoms with van der Waals surface area (Å²) in [5.74, 6) is -0.228. The molecule has 0 saturated carbocycles. The van der Waals surface area contributed by atoms with Gasteiger partial charge in [-0.25, -0.2) is 4.18 Å². The molecule has 12 nitrogen and oxygen atoms in total. The van der Waals surface area contributed by atoms with Crippen LogP contribution in [-0.4, -0.2) is 95.4 Å². The summed E-state index contributed by atoms with van der Waals surface area (Å²) in [6, 6.07) is -0.857. The molecule has 1 rings (SSSR count). The minimum atomic E-state index is -5.08. The summed E-state index contributed by atoms with van der Waals surface area (Å²) < 4.78 is 47.8. The zero-order valence-corrected chi connectivity index (χ0v) is 45.0. The Morgan fingerprint density at radius 1 is 0.580 bits per heavy atom. The third-order valence-electron chi connectivity index (χ3n) is 13.8. The summed E-state index contributed by atoms with van der Waals surface area (Å²) in [5, 5.41) is 45.0. The quantitative estimate of drug-likeness (QED) is 0.0193. The van der Waals surface area contributed by atoms with E-state index < -0.39 is 59.9 Å². The van der Waals surface area contributed by atoms with E-state index in [1.807, 2.05) is 0 Å². The first-order valence-electron chi connectivity index (χ1n) is 28.7. The standard InChI is InChI=1S/C56H107NO11S/c1-3-5-7-9-11-13-15-17-18-19-20-21-22-23-24-25-26-27-28-29-30-31-32-34-36-38-40-42-44-46-52(60)57-49(50(59)45-43-41-39-37-35-33-16-14-12-10-8-6-4-2)48-66-56-54(62)55(68-69(63,64)65)53(61)51(47-58)67-56/h20-21,23-24,49-51,53-56,58-59,61-62H,3-19,22,25-48H2,1-2H3,(H,57,60)(H,63,64,65)/b21-20-,24-23-. The lowest BCUT2D eigenvalue weighted by atomic mass is 9.99. The van der Waals surface area contributed by atoms with Gasteiger partial charge in [-0.2, -0.15) is 8.42 Å². The van der Waals surface area contributed by atoms with Crippen LogP contribution in [0, 0.1) is 0 Å². The monoisotopic (exact) mass is 1000 g/mol. The number of hydrogen-bond acceptors (Lipinski definition) is 10. The third kappa shape index (κ3) is 38.8. The fourth-order valence-corrected chi connectivity index (χ4v) is 9.82. The fraction of sp³-hybridized carbons (Fsp3) is 0.911. The van der Waals surface area contributed by atoms with Gasteiger partial charge in [0.2, 0.25) is 5.91 Å². The number of hydrogen-bond donors (Lipinski definition) is 6. The normalized spacial score (nSPS) is 19.8. The fourth-order valence-electron chi connectivity index (χ4n) is 9.32. The van der Waals surface area contributed by atoms with E-state index in [9.17, 15) is 38.2 Å². The van der Waals surface area contributed by atoms with Crippen molar-refractivity contribution in [1.29, 1.82) is 0 Å². The third-order valence-corrected chi connectivity index (χ3v) is 14.2. The van der Waals surface area contributed by atoms with Crippen LogP contribution in [0.25, 0.3) is 0 Å². The van der Waals surface area contributed by atoms with Gasteiger partial charge in [0.1, 0.15) is 24.4 Å². The zero-order valence-electron chi connectivity index (χ0n) is 44.1. The second-order valence-electron chi connectivity index (χ2n) is 20.2. The van der Waals surface area contributed by atoms with Crippen molar-refractivity contribution < 1.29 is 51.8 Å². The molecule has 408 valence electrons. The van der Waals surface area contributed by atoms with Gasteiger partial charge in [-0.05, 0) is 44.9 Å². The van der Waals surface area contributed by atoms with E-state index in [2.05, 4.69) is 47.7 Å². The van der Waals surface area contributed by atoms with Crippen molar-refractivity contribution in [2.75, 3.05) is 13.2 Å². The van der Waals surface area contributed by atoms with Crippen LogP contribution in [0.15, 0.2) is 24.3 Å². The Morgan fingerprint density at radius 2 is 0.971 bits per heavy atom. The first kappa shape index (κ1) is 65.6. The summed E-state index contributed by atoms with van der Waals surface area (Å²) in [5.41, 5.74) is 0. The SMILES string of the molecule is CCCCCCCCCCC/C=C\C/C=C\CCCCCCCCCCCCCCCC(=O)NC(COC1OC(CO)C(O)C(OS(=O)(=O)O)C1O)C(O)CCCCCCCCCCCCCCC. The highest BCUT2D eigenvalue weighted by molar-refractivity contribution is 7.80. The van der Waals surface area contributed by atoms with Crippen molar-refractivity contribution in [3.05, 3.63) is 24.3 Å². The topological polar surface area (TPSA) is 192 Å². The van der Waals surface area contributed by atoms with Crippen LogP contribution in [0.5, 0.6) is 0 Å². The molecule has 1 fully saturated rings. The molecule has 69 heavy (non-hydrogen) atoms. The molecular weight excluding hydrogens is 895 g/mol. The number of rotatable bonds is 50. The second-order valence-corrected chi connectivity index (χ2v) is 21.3. The number of aliphatic hydroxyl groups is 4. The Labute approximate surface area is 422 Å². The van der Waals surface area contributed by atoms with E-state index >= 15 is 0 Å². The van der Waals surface area contributed by atoms with Crippen LogP contribution in [0.2, 0.25) is 0 Å². The Balaban J connectivity index is 2.28. The van der Waals surface area contributed by atoms with E-state index in [1.54, 1.807) is 0 Å². The zero-order chi connectivity index (χ0) is 50.5. The maximum absolute atomic E-state index is 13.1. The molecule has 13 heteroatoms. The summed E-state index contributed by atoms with van der Waals surface area (Å²) in [4.78, 5) is 13.1. The van der Waals surface area contributed by atoms with Gasteiger partial charge in [0.25, 0.3) is 0 Å². The van der Waals surface area contributed by atoms with Crippen LogP contribution >= 0.6 is 0 Å². The minimum absolute atomic E-state index is 0.228. The van der Waals surface area contributed by atoms with E-state index in [0.29, 0.717) is 12.8 Å². The van der Waals surface area contributed by atoms with Crippen molar-refractivity contribution in [1.82, 2.24) is 5.32 Å².